The molecule has 0 fully saturated rings. The van der Waals surface area contributed by atoms with Gasteiger partial charge in [0.15, 0.2) is 12.6 Å². The van der Waals surface area contributed by atoms with E-state index in [0.717, 1.165) is 47.6 Å². The molecule has 2 aromatic carbocycles. The minimum atomic E-state index is 0.0945. The zero-order valence-corrected chi connectivity index (χ0v) is 21.0. The SMILES string of the molecule is COCOc1c(CC2C=CC=CC2)cc(CC2C=CC=CC2)cc1Pc1ccccc1C(C)=O. The highest BCUT2D eigenvalue weighted by Crippen LogP contribution is 2.31. The number of allylic oxidation sites excluding steroid dienone is 8. The molecule has 0 amide bonds. The molecule has 176 valence electrons. The summed E-state index contributed by atoms with van der Waals surface area (Å²) in [4.78, 5) is 12.3. The van der Waals surface area contributed by atoms with Gasteiger partial charge in [-0.15, -0.1) is 0 Å². The summed E-state index contributed by atoms with van der Waals surface area (Å²) in [6.07, 6.45) is 21.6. The van der Waals surface area contributed by atoms with Gasteiger partial charge in [0.2, 0.25) is 0 Å². The van der Waals surface area contributed by atoms with Crippen LogP contribution in [0.15, 0.2) is 85.0 Å². The second-order valence-corrected chi connectivity index (χ2v) is 10.3. The number of ether oxygens (including phenoxy) is 2. The number of hydrogen-bond donors (Lipinski definition) is 0. The fourth-order valence-corrected chi connectivity index (χ4v) is 6.07. The lowest BCUT2D eigenvalue weighted by Crippen LogP contribution is -2.18. The molecule has 0 N–H and O–H groups in total. The van der Waals surface area contributed by atoms with Gasteiger partial charge in [0, 0.05) is 18.0 Å². The molecule has 3 unspecified atom stereocenters. The predicted molar refractivity (Wildman–Crippen MR) is 143 cm³/mol. The Morgan fingerprint density at radius 2 is 1.65 bits per heavy atom. The third-order valence-electron chi connectivity index (χ3n) is 6.24. The number of Topliss-reactive ketones (excluding diaryl/α,β-unsaturated/α-hetero) is 1. The Bertz CT molecular complexity index is 1130. The Kier molecular flexibility index (Phi) is 8.68. The third-order valence-corrected chi connectivity index (χ3v) is 7.59. The number of methoxy groups -OCH3 is 1. The van der Waals surface area contributed by atoms with Gasteiger partial charge in [0.25, 0.3) is 0 Å². The van der Waals surface area contributed by atoms with E-state index < -0.39 is 0 Å². The fraction of sp³-hybridized carbons (Fsp3) is 0.300. The van der Waals surface area contributed by atoms with Gasteiger partial charge in [0.1, 0.15) is 5.75 Å². The summed E-state index contributed by atoms with van der Waals surface area (Å²) in [6, 6.07) is 12.5. The largest absolute Gasteiger partial charge is 0.467 e. The molecule has 34 heavy (non-hydrogen) atoms. The lowest BCUT2D eigenvalue weighted by molar-refractivity contribution is 0.0511. The zero-order chi connectivity index (χ0) is 23.8. The van der Waals surface area contributed by atoms with Crippen LogP contribution in [0.25, 0.3) is 0 Å². The highest BCUT2D eigenvalue weighted by molar-refractivity contribution is 7.56. The highest BCUT2D eigenvalue weighted by atomic mass is 31.1. The molecule has 0 heterocycles. The summed E-state index contributed by atoms with van der Waals surface area (Å²) in [5.74, 6) is 1.95. The van der Waals surface area contributed by atoms with Crippen LogP contribution in [0.1, 0.15) is 41.3 Å². The quantitative estimate of drug-likeness (QED) is 0.247. The average molecular weight is 473 g/mol. The lowest BCUT2D eigenvalue weighted by atomic mass is 9.89. The molecule has 0 saturated carbocycles. The maximum Gasteiger partial charge on any atom is 0.188 e. The first kappa shape index (κ1) is 24.4. The molecule has 0 radical (unpaired) electrons. The first-order valence-electron chi connectivity index (χ1n) is 11.9. The van der Waals surface area contributed by atoms with Crippen LogP contribution in [0.4, 0.5) is 0 Å². The molecular weight excluding hydrogens is 439 g/mol. The van der Waals surface area contributed by atoms with E-state index in [4.69, 9.17) is 9.47 Å². The first-order valence-corrected chi connectivity index (χ1v) is 12.9. The molecule has 4 heteroatoms. The molecule has 0 aromatic heterocycles. The summed E-state index contributed by atoms with van der Waals surface area (Å²) in [5, 5.41) is 2.20. The Labute approximate surface area is 205 Å². The Balaban J connectivity index is 1.74. The normalized spacial score (nSPS) is 19.2. The molecule has 2 aliphatic carbocycles. The summed E-state index contributed by atoms with van der Waals surface area (Å²) in [6.45, 7) is 1.84. The van der Waals surface area contributed by atoms with Crippen LogP contribution in [-0.4, -0.2) is 19.7 Å². The van der Waals surface area contributed by atoms with E-state index in [1.54, 1.807) is 14.0 Å². The second-order valence-electron chi connectivity index (χ2n) is 8.94. The van der Waals surface area contributed by atoms with Gasteiger partial charge in [-0.25, -0.2) is 0 Å². The lowest BCUT2D eigenvalue weighted by Gasteiger charge is -2.22. The van der Waals surface area contributed by atoms with Crippen LogP contribution in [-0.2, 0) is 17.6 Å². The number of benzene rings is 2. The van der Waals surface area contributed by atoms with Crippen molar-refractivity contribution < 1.29 is 14.3 Å². The molecule has 0 aliphatic heterocycles. The van der Waals surface area contributed by atoms with E-state index in [9.17, 15) is 4.79 Å². The second kappa shape index (κ2) is 12.1. The van der Waals surface area contributed by atoms with Gasteiger partial charge >= 0.3 is 0 Å². The Hall–Kier alpha value is -2.74. The van der Waals surface area contributed by atoms with Crippen molar-refractivity contribution in [1.29, 1.82) is 0 Å². The summed E-state index contributed by atoms with van der Waals surface area (Å²) < 4.78 is 11.5. The van der Waals surface area contributed by atoms with E-state index in [-0.39, 0.29) is 12.6 Å². The smallest absolute Gasteiger partial charge is 0.188 e. The predicted octanol–water partition coefficient (Wildman–Crippen LogP) is 5.85. The van der Waals surface area contributed by atoms with Crippen molar-refractivity contribution >= 4 is 25.0 Å². The monoisotopic (exact) mass is 472 g/mol. The van der Waals surface area contributed by atoms with E-state index in [1.807, 2.05) is 18.2 Å². The van der Waals surface area contributed by atoms with Gasteiger partial charge in [-0.05, 0) is 66.9 Å². The van der Waals surface area contributed by atoms with Crippen LogP contribution in [0.2, 0.25) is 0 Å². The van der Waals surface area contributed by atoms with Crippen molar-refractivity contribution in [3.05, 3.63) is 102 Å². The van der Waals surface area contributed by atoms with Crippen LogP contribution < -0.4 is 15.3 Å². The van der Waals surface area contributed by atoms with Gasteiger partial charge in [-0.2, -0.15) is 0 Å². The Morgan fingerprint density at radius 1 is 0.941 bits per heavy atom. The van der Waals surface area contributed by atoms with E-state index >= 15 is 0 Å². The molecule has 0 spiro atoms. The maximum absolute atomic E-state index is 12.3. The maximum atomic E-state index is 12.3. The third kappa shape index (κ3) is 6.44. The standard InChI is InChI=1S/C30H33O3P/c1-22(31)27-15-9-10-16-28(27)34-29-20-25(17-23-11-5-3-6-12-23)19-26(30(29)33-21-32-2)18-24-13-7-4-8-14-24/h3-11,13,15-16,19-20,23-24,34H,12,14,17-18,21H2,1-2H3. The van der Waals surface area contributed by atoms with Crippen LogP contribution in [0.5, 0.6) is 5.75 Å². The van der Waals surface area contributed by atoms with Crippen molar-refractivity contribution in [3.63, 3.8) is 0 Å². The summed E-state index contributed by atoms with van der Waals surface area (Å²) >= 11 is 0. The van der Waals surface area contributed by atoms with Gasteiger partial charge in [0.05, 0.1) is 0 Å². The van der Waals surface area contributed by atoms with Gasteiger partial charge < -0.3 is 9.47 Å². The minimum Gasteiger partial charge on any atom is -0.467 e. The number of rotatable bonds is 10. The molecule has 4 rings (SSSR count). The molecule has 0 bridgehead atoms. The minimum absolute atomic E-state index is 0.0945. The highest BCUT2D eigenvalue weighted by Gasteiger charge is 2.19. The molecule has 2 aromatic rings. The molecule has 2 aliphatic rings. The molecule has 3 atom stereocenters. The number of carbonyl (C=O) groups is 1. The van der Waals surface area contributed by atoms with Gasteiger partial charge in [-0.3, -0.25) is 4.79 Å². The van der Waals surface area contributed by atoms with Crippen molar-refractivity contribution in [2.45, 2.75) is 32.6 Å². The number of carbonyl (C=O) groups excluding carboxylic acids is 1. The summed E-state index contributed by atoms with van der Waals surface area (Å²) in [5.41, 5.74) is 3.33. The molecule has 3 nitrogen and oxygen atoms in total. The molecule has 0 saturated heterocycles. The molecular formula is C30H33O3P. The van der Waals surface area contributed by atoms with Gasteiger partial charge in [-0.1, -0.05) is 87.5 Å². The van der Waals surface area contributed by atoms with Crippen LogP contribution in [0, 0.1) is 11.8 Å². The van der Waals surface area contributed by atoms with Crippen molar-refractivity contribution in [3.8, 4) is 5.75 Å². The van der Waals surface area contributed by atoms with Crippen molar-refractivity contribution in [2.75, 3.05) is 13.9 Å². The zero-order valence-electron chi connectivity index (χ0n) is 20.0. The van der Waals surface area contributed by atoms with Crippen molar-refractivity contribution in [1.82, 2.24) is 0 Å². The fourth-order valence-electron chi connectivity index (χ4n) is 4.60. The first-order chi connectivity index (χ1) is 16.6. The number of ketones is 1. The Morgan fingerprint density at radius 3 is 2.29 bits per heavy atom. The van der Waals surface area contributed by atoms with E-state index in [2.05, 4.69) is 66.8 Å². The number of hydrogen-bond acceptors (Lipinski definition) is 3. The van der Waals surface area contributed by atoms with Crippen LogP contribution in [0.3, 0.4) is 0 Å². The van der Waals surface area contributed by atoms with Crippen molar-refractivity contribution in [2.24, 2.45) is 11.8 Å². The average Bonchev–Trinajstić information content (AvgIpc) is 2.85. The topological polar surface area (TPSA) is 35.5 Å². The summed E-state index contributed by atoms with van der Waals surface area (Å²) in [7, 11) is 1.98. The van der Waals surface area contributed by atoms with Crippen LogP contribution >= 0.6 is 8.58 Å². The van der Waals surface area contributed by atoms with E-state index in [1.165, 1.54) is 11.1 Å². The van der Waals surface area contributed by atoms with E-state index in [0.29, 0.717) is 20.4 Å².